The third-order valence-corrected chi connectivity index (χ3v) is 3.33. The van der Waals surface area contributed by atoms with E-state index in [0.29, 0.717) is 17.5 Å². The molecule has 2 heterocycles. The molecule has 3 rings (SSSR count). The summed E-state index contributed by atoms with van der Waals surface area (Å²) < 4.78 is 19.5. The van der Waals surface area contributed by atoms with Gasteiger partial charge < -0.3 is 9.14 Å². The molecule has 5 heteroatoms. The molecule has 0 atom stereocenters. The predicted octanol–water partition coefficient (Wildman–Crippen LogP) is 2.85. The van der Waals surface area contributed by atoms with Crippen molar-refractivity contribution in [3.8, 4) is 0 Å². The van der Waals surface area contributed by atoms with E-state index in [1.54, 1.807) is 30.5 Å². The van der Waals surface area contributed by atoms with Crippen LogP contribution in [0, 0.1) is 5.82 Å². The van der Waals surface area contributed by atoms with Crippen molar-refractivity contribution in [3.63, 3.8) is 0 Å². The van der Waals surface area contributed by atoms with Gasteiger partial charge in [-0.1, -0.05) is 12.1 Å². The number of rotatable bonds is 3. The third-order valence-electron chi connectivity index (χ3n) is 3.33. The van der Waals surface area contributed by atoms with Gasteiger partial charge in [0.2, 0.25) is 0 Å². The van der Waals surface area contributed by atoms with Crippen LogP contribution in [0.4, 0.5) is 4.39 Å². The SMILES string of the molecule is COC(=O)c1cccn2c(Cc3ccc(F)cc3)ncc12. The number of imidazole rings is 1. The Kier molecular flexibility index (Phi) is 3.39. The molecule has 0 N–H and O–H groups in total. The summed E-state index contributed by atoms with van der Waals surface area (Å²) >= 11 is 0. The van der Waals surface area contributed by atoms with Gasteiger partial charge in [0.05, 0.1) is 24.4 Å². The highest BCUT2D eigenvalue weighted by Gasteiger charge is 2.13. The molecular weight excluding hydrogens is 271 g/mol. The number of methoxy groups -OCH3 is 1. The number of halogens is 1. The first-order chi connectivity index (χ1) is 10.2. The summed E-state index contributed by atoms with van der Waals surface area (Å²) in [6.07, 6.45) is 4.04. The van der Waals surface area contributed by atoms with E-state index in [9.17, 15) is 9.18 Å². The lowest BCUT2D eigenvalue weighted by Gasteiger charge is -2.05. The molecule has 0 bridgehead atoms. The van der Waals surface area contributed by atoms with Gasteiger partial charge in [-0.2, -0.15) is 0 Å². The Bertz CT molecular complexity index is 794. The highest BCUT2D eigenvalue weighted by atomic mass is 19.1. The second-order valence-electron chi connectivity index (χ2n) is 4.65. The maximum atomic E-state index is 12.9. The number of hydrogen-bond donors (Lipinski definition) is 0. The number of fused-ring (bicyclic) bond motifs is 1. The number of pyridine rings is 1. The number of carbonyl (C=O) groups is 1. The van der Waals surface area contributed by atoms with Crippen LogP contribution in [0.15, 0.2) is 48.8 Å². The van der Waals surface area contributed by atoms with Gasteiger partial charge >= 0.3 is 5.97 Å². The molecule has 0 saturated heterocycles. The fourth-order valence-corrected chi connectivity index (χ4v) is 2.27. The summed E-state index contributed by atoms with van der Waals surface area (Å²) in [5, 5.41) is 0. The zero-order chi connectivity index (χ0) is 14.8. The molecule has 0 unspecified atom stereocenters. The van der Waals surface area contributed by atoms with Crippen molar-refractivity contribution >= 4 is 11.5 Å². The zero-order valence-electron chi connectivity index (χ0n) is 11.4. The highest BCUT2D eigenvalue weighted by Crippen LogP contribution is 2.16. The van der Waals surface area contributed by atoms with Gasteiger partial charge in [-0.05, 0) is 29.8 Å². The van der Waals surface area contributed by atoms with Crippen molar-refractivity contribution in [2.24, 2.45) is 0 Å². The van der Waals surface area contributed by atoms with Crippen molar-refractivity contribution in [1.82, 2.24) is 9.38 Å². The normalized spacial score (nSPS) is 10.8. The lowest BCUT2D eigenvalue weighted by molar-refractivity contribution is 0.0602. The lowest BCUT2D eigenvalue weighted by Crippen LogP contribution is -2.04. The molecule has 0 saturated carbocycles. The summed E-state index contributed by atoms with van der Waals surface area (Å²) in [6, 6.07) is 9.76. The number of hydrogen-bond acceptors (Lipinski definition) is 3. The van der Waals surface area contributed by atoms with E-state index in [2.05, 4.69) is 4.98 Å². The molecular formula is C16H13FN2O2. The molecule has 106 valence electrons. The Labute approximate surface area is 120 Å². The van der Waals surface area contributed by atoms with Gasteiger partial charge in [0.1, 0.15) is 11.6 Å². The first-order valence-corrected chi connectivity index (χ1v) is 6.47. The molecule has 0 aliphatic heterocycles. The van der Waals surface area contributed by atoms with E-state index in [-0.39, 0.29) is 5.82 Å². The van der Waals surface area contributed by atoms with Crippen molar-refractivity contribution in [2.45, 2.75) is 6.42 Å². The summed E-state index contributed by atoms with van der Waals surface area (Å²) in [5.74, 6) is 0.121. The van der Waals surface area contributed by atoms with Crippen LogP contribution in [0.5, 0.6) is 0 Å². The number of esters is 1. The average Bonchev–Trinajstić information content (AvgIpc) is 2.92. The van der Waals surface area contributed by atoms with Gasteiger partial charge in [0.25, 0.3) is 0 Å². The van der Waals surface area contributed by atoms with Gasteiger partial charge in [-0.15, -0.1) is 0 Å². The fraction of sp³-hybridized carbons (Fsp3) is 0.125. The number of benzene rings is 1. The Morgan fingerprint density at radius 1 is 1.29 bits per heavy atom. The van der Waals surface area contributed by atoms with Crippen LogP contribution in [0.3, 0.4) is 0 Å². The topological polar surface area (TPSA) is 43.6 Å². The highest BCUT2D eigenvalue weighted by molar-refractivity contribution is 5.96. The van der Waals surface area contributed by atoms with Crippen molar-refractivity contribution in [3.05, 3.63) is 71.6 Å². The standard InChI is InChI=1S/C16H13FN2O2/c1-21-16(20)13-3-2-8-19-14(13)10-18-15(19)9-11-4-6-12(17)7-5-11/h2-8,10H,9H2,1H3. The van der Waals surface area contributed by atoms with Crippen LogP contribution in [0.1, 0.15) is 21.7 Å². The Morgan fingerprint density at radius 3 is 2.76 bits per heavy atom. The molecule has 0 fully saturated rings. The van der Waals surface area contributed by atoms with E-state index in [1.165, 1.54) is 19.2 Å². The maximum Gasteiger partial charge on any atom is 0.340 e. The molecule has 2 aromatic heterocycles. The number of carbonyl (C=O) groups excluding carboxylic acids is 1. The molecule has 0 aliphatic carbocycles. The van der Waals surface area contributed by atoms with E-state index >= 15 is 0 Å². The number of aromatic nitrogens is 2. The van der Waals surface area contributed by atoms with Gasteiger partial charge in [-0.3, -0.25) is 0 Å². The Balaban J connectivity index is 2.01. The largest absolute Gasteiger partial charge is 0.465 e. The minimum atomic E-state index is -0.395. The molecule has 0 amide bonds. The van der Waals surface area contributed by atoms with Crippen molar-refractivity contribution < 1.29 is 13.9 Å². The van der Waals surface area contributed by atoms with E-state index < -0.39 is 5.97 Å². The smallest absolute Gasteiger partial charge is 0.340 e. The van der Waals surface area contributed by atoms with Crippen LogP contribution in [-0.4, -0.2) is 22.5 Å². The van der Waals surface area contributed by atoms with Crippen LogP contribution in [0.25, 0.3) is 5.52 Å². The first kappa shape index (κ1) is 13.3. The first-order valence-electron chi connectivity index (χ1n) is 6.47. The van der Waals surface area contributed by atoms with Gasteiger partial charge in [0, 0.05) is 12.6 Å². The molecule has 0 spiro atoms. The van der Waals surface area contributed by atoms with Crippen LogP contribution < -0.4 is 0 Å². The monoisotopic (exact) mass is 284 g/mol. The second kappa shape index (κ2) is 5.36. The summed E-state index contributed by atoms with van der Waals surface area (Å²) in [5.41, 5.74) is 2.12. The Morgan fingerprint density at radius 2 is 2.05 bits per heavy atom. The van der Waals surface area contributed by atoms with Crippen LogP contribution in [0.2, 0.25) is 0 Å². The Hall–Kier alpha value is -2.69. The third kappa shape index (κ3) is 2.50. The van der Waals surface area contributed by atoms with Gasteiger partial charge in [0.15, 0.2) is 0 Å². The molecule has 3 aromatic rings. The van der Waals surface area contributed by atoms with E-state index in [1.807, 2.05) is 10.6 Å². The van der Waals surface area contributed by atoms with E-state index in [4.69, 9.17) is 4.74 Å². The maximum absolute atomic E-state index is 12.9. The van der Waals surface area contributed by atoms with Crippen LogP contribution in [-0.2, 0) is 11.2 Å². The quantitative estimate of drug-likeness (QED) is 0.695. The van der Waals surface area contributed by atoms with Gasteiger partial charge in [-0.25, -0.2) is 14.2 Å². The van der Waals surface area contributed by atoms with Crippen molar-refractivity contribution in [1.29, 1.82) is 0 Å². The lowest BCUT2D eigenvalue weighted by atomic mass is 10.1. The summed E-state index contributed by atoms with van der Waals surface area (Å²) in [4.78, 5) is 16.1. The second-order valence-corrected chi connectivity index (χ2v) is 4.65. The molecule has 0 aliphatic rings. The molecule has 4 nitrogen and oxygen atoms in total. The zero-order valence-corrected chi connectivity index (χ0v) is 11.4. The predicted molar refractivity (Wildman–Crippen MR) is 75.7 cm³/mol. The summed E-state index contributed by atoms with van der Waals surface area (Å²) in [7, 11) is 1.35. The fourth-order valence-electron chi connectivity index (χ4n) is 2.27. The molecule has 0 radical (unpaired) electrons. The minimum absolute atomic E-state index is 0.264. The molecule has 21 heavy (non-hydrogen) atoms. The van der Waals surface area contributed by atoms with Crippen LogP contribution >= 0.6 is 0 Å². The van der Waals surface area contributed by atoms with E-state index in [0.717, 1.165) is 11.4 Å². The average molecular weight is 284 g/mol. The number of ether oxygens (including phenoxy) is 1. The minimum Gasteiger partial charge on any atom is -0.465 e. The molecule has 1 aromatic carbocycles. The van der Waals surface area contributed by atoms with Crippen molar-refractivity contribution in [2.75, 3.05) is 7.11 Å². The summed E-state index contributed by atoms with van der Waals surface area (Å²) in [6.45, 7) is 0. The number of nitrogens with zero attached hydrogens (tertiary/aromatic N) is 2.